The van der Waals surface area contributed by atoms with E-state index in [-0.39, 0.29) is 0 Å². The van der Waals surface area contributed by atoms with E-state index in [9.17, 15) is 9.90 Å². The minimum absolute atomic E-state index is 0.316. The van der Waals surface area contributed by atoms with Gasteiger partial charge in [0, 0.05) is 23.5 Å². The topological polar surface area (TPSA) is 66.3 Å². The number of aryl methyl sites for hydroxylation is 2. The van der Waals surface area contributed by atoms with Crippen LogP contribution in [0.4, 0.5) is 0 Å². The van der Waals surface area contributed by atoms with Gasteiger partial charge in [0.2, 0.25) is 0 Å². The van der Waals surface area contributed by atoms with E-state index in [1.165, 1.54) is 28.4 Å². The van der Waals surface area contributed by atoms with Gasteiger partial charge in [-0.3, -0.25) is 9.88 Å². The molecule has 1 N–H and O–H groups in total. The average molecular weight is 343 g/mol. The minimum Gasteiger partial charge on any atom is -0.478 e. The van der Waals surface area contributed by atoms with Gasteiger partial charge in [-0.25, -0.2) is 9.78 Å². The van der Waals surface area contributed by atoms with E-state index in [1.807, 2.05) is 11.3 Å². The normalized spacial score (nSPS) is 18.7. The summed E-state index contributed by atoms with van der Waals surface area (Å²) in [6.07, 6.45) is 7.50. The zero-order valence-corrected chi connectivity index (χ0v) is 14.4. The van der Waals surface area contributed by atoms with Gasteiger partial charge < -0.3 is 5.11 Å². The number of aromatic carboxylic acids is 1. The van der Waals surface area contributed by atoms with Crippen LogP contribution in [0, 0.1) is 0 Å². The van der Waals surface area contributed by atoms with Crippen LogP contribution in [0.15, 0.2) is 18.3 Å². The summed E-state index contributed by atoms with van der Waals surface area (Å²) in [5, 5.41) is 10.6. The number of aromatic nitrogens is 2. The number of fused-ring (bicyclic) bond motifs is 1. The zero-order valence-electron chi connectivity index (χ0n) is 13.6. The fourth-order valence-electron chi connectivity index (χ4n) is 3.69. The molecular formula is C18H21N3O2S. The third-order valence-corrected chi connectivity index (χ3v) is 6.36. The van der Waals surface area contributed by atoms with Crippen molar-refractivity contribution in [1.82, 2.24) is 14.9 Å². The largest absolute Gasteiger partial charge is 0.478 e. The van der Waals surface area contributed by atoms with Gasteiger partial charge in [-0.15, -0.1) is 11.3 Å². The van der Waals surface area contributed by atoms with E-state index in [2.05, 4.69) is 9.88 Å². The highest BCUT2D eigenvalue weighted by molar-refractivity contribution is 7.11. The molecule has 0 unspecified atom stereocenters. The molecular weight excluding hydrogens is 322 g/mol. The first-order chi connectivity index (χ1) is 11.7. The lowest BCUT2D eigenvalue weighted by Crippen LogP contribution is -2.33. The lowest BCUT2D eigenvalue weighted by atomic mass is 9.97. The van der Waals surface area contributed by atoms with Crippen molar-refractivity contribution in [1.29, 1.82) is 0 Å². The van der Waals surface area contributed by atoms with E-state index in [0.29, 0.717) is 23.7 Å². The molecule has 1 aliphatic heterocycles. The number of likely N-dealkylation sites (tertiary alicyclic amines) is 1. The monoisotopic (exact) mass is 343 g/mol. The summed E-state index contributed by atoms with van der Waals surface area (Å²) < 4.78 is 0. The Balaban J connectivity index is 1.39. The molecule has 0 atom stereocenters. The molecule has 1 aliphatic carbocycles. The molecule has 5 nitrogen and oxygen atoms in total. The summed E-state index contributed by atoms with van der Waals surface area (Å²) in [5.41, 5.74) is 2.32. The van der Waals surface area contributed by atoms with Crippen LogP contribution < -0.4 is 0 Å². The number of carboxylic acids is 1. The predicted octanol–water partition coefficient (Wildman–Crippen LogP) is 3.10. The number of hydrogen-bond donors (Lipinski definition) is 1. The molecule has 2 aliphatic rings. The molecule has 24 heavy (non-hydrogen) atoms. The number of carboxylic acid groups (broad SMARTS) is 1. The summed E-state index contributed by atoms with van der Waals surface area (Å²) in [5.74, 6) is -0.329. The molecule has 3 heterocycles. The number of piperidine rings is 1. The Bertz CT molecular complexity index is 729. The fraction of sp³-hybridized carbons (Fsp3) is 0.500. The number of rotatable bonds is 4. The van der Waals surface area contributed by atoms with Crippen molar-refractivity contribution in [3.63, 3.8) is 0 Å². The molecule has 0 aromatic carbocycles. The first-order valence-corrected chi connectivity index (χ1v) is 9.40. The van der Waals surface area contributed by atoms with E-state index in [1.54, 1.807) is 18.3 Å². The molecule has 126 valence electrons. The highest BCUT2D eigenvalue weighted by Gasteiger charge is 2.26. The maximum atomic E-state index is 11.3. The maximum absolute atomic E-state index is 11.3. The quantitative estimate of drug-likeness (QED) is 0.924. The summed E-state index contributed by atoms with van der Waals surface area (Å²) in [6, 6.07) is 3.31. The lowest BCUT2D eigenvalue weighted by molar-refractivity contribution is 0.0693. The van der Waals surface area contributed by atoms with E-state index in [4.69, 9.17) is 4.98 Å². The van der Waals surface area contributed by atoms with Gasteiger partial charge >= 0.3 is 5.97 Å². The van der Waals surface area contributed by atoms with Crippen LogP contribution in [0.1, 0.15) is 56.8 Å². The molecule has 6 heteroatoms. The smallest absolute Gasteiger partial charge is 0.337 e. The Morgan fingerprint density at radius 1 is 1.33 bits per heavy atom. The number of nitrogens with zero attached hydrogens (tertiary/aromatic N) is 3. The molecule has 0 bridgehead atoms. The summed E-state index contributed by atoms with van der Waals surface area (Å²) in [4.78, 5) is 24.3. The van der Waals surface area contributed by atoms with Gasteiger partial charge in [-0.2, -0.15) is 0 Å². The molecule has 0 radical (unpaired) electrons. The second-order valence-electron chi connectivity index (χ2n) is 6.63. The Hall–Kier alpha value is -1.79. The standard InChI is InChI=1S/C18H21N3O2S/c22-18(23)13-3-2-8-19-15(13)11-21-9-6-12(7-10-21)17-20-14-4-1-5-16(14)24-17/h2-3,8,12H,1,4-7,9-11H2,(H,22,23). The first kappa shape index (κ1) is 15.7. The fourth-order valence-corrected chi connectivity index (χ4v) is 5.02. The van der Waals surface area contributed by atoms with Crippen molar-refractivity contribution in [2.24, 2.45) is 0 Å². The minimum atomic E-state index is -0.898. The van der Waals surface area contributed by atoms with Gasteiger partial charge in [0.05, 0.1) is 22.0 Å². The molecule has 0 saturated carbocycles. The molecule has 1 fully saturated rings. The second kappa shape index (κ2) is 6.61. The first-order valence-electron chi connectivity index (χ1n) is 8.58. The summed E-state index contributed by atoms with van der Waals surface area (Å²) >= 11 is 1.92. The molecule has 4 rings (SSSR count). The molecule has 1 saturated heterocycles. The number of pyridine rings is 1. The van der Waals surface area contributed by atoms with Gasteiger partial charge in [0.25, 0.3) is 0 Å². The van der Waals surface area contributed by atoms with Crippen molar-refractivity contribution in [3.05, 3.63) is 45.2 Å². The highest BCUT2D eigenvalue weighted by atomic mass is 32.1. The predicted molar refractivity (Wildman–Crippen MR) is 92.6 cm³/mol. The lowest BCUT2D eigenvalue weighted by Gasteiger charge is -2.31. The summed E-state index contributed by atoms with van der Waals surface area (Å²) in [7, 11) is 0. The Morgan fingerprint density at radius 3 is 2.92 bits per heavy atom. The van der Waals surface area contributed by atoms with E-state index < -0.39 is 5.97 Å². The average Bonchev–Trinajstić information content (AvgIpc) is 3.17. The molecule has 2 aromatic heterocycles. The zero-order chi connectivity index (χ0) is 16.5. The van der Waals surface area contributed by atoms with Crippen molar-refractivity contribution in [2.45, 2.75) is 44.6 Å². The van der Waals surface area contributed by atoms with Crippen LogP contribution in [-0.2, 0) is 19.4 Å². The van der Waals surface area contributed by atoms with Crippen molar-refractivity contribution < 1.29 is 9.90 Å². The molecule has 0 spiro atoms. The second-order valence-corrected chi connectivity index (χ2v) is 7.74. The van der Waals surface area contributed by atoms with Crippen LogP contribution in [0.3, 0.4) is 0 Å². The van der Waals surface area contributed by atoms with Gasteiger partial charge in [-0.1, -0.05) is 0 Å². The van der Waals surface area contributed by atoms with E-state index >= 15 is 0 Å². The maximum Gasteiger partial charge on any atom is 0.337 e. The van der Waals surface area contributed by atoms with Crippen LogP contribution in [-0.4, -0.2) is 39.0 Å². The van der Waals surface area contributed by atoms with Crippen LogP contribution >= 0.6 is 11.3 Å². The third kappa shape index (κ3) is 3.08. The molecule has 2 aromatic rings. The Morgan fingerprint density at radius 2 is 2.17 bits per heavy atom. The number of hydrogen-bond acceptors (Lipinski definition) is 5. The van der Waals surface area contributed by atoms with Gasteiger partial charge in [0.1, 0.15) is 0 Å². The van der Waals surface area contributed by atoms with Gasteiger partial charge in [-0.05, 0) is 57.3 Å². The highest BCUT2D eigenvalue weighted by Crippen LogP contribution is 2.36. The van der Waals surface area contributed by atoms with Crippen LogP contribution in [0.5, 0.6) is 0 Å². The number of thiazole rings is 1. The SMILES string of the molecule is O=C(O)c1cccnc1CN1CCC(c2nc3c(s2)CCC3)CC1. The van der Waals surface area contributed by atoms with E-state index in [0.717, 1.165) is 32.4 Å². The summed E-state index contributed by atoms with van der Waals surface area (Å²) in [6.45, 7) is 2.57. The Labute approximate surface area is 145 Å². The van der Waals surface area contributed by atoms with Crippen molar-refractivity contribution in [2.75, 3.05) is 13.1 Å². The van der Waals surface area contributed by atoms with Crippen LogP contribution in [0.2, 0.25) is 0 Å². The molecule has 0 amide bonds. The van der Waals surface area contributed by atoms with Gasteiger partial charge in [0.15, 0.2) is 0 Å². The van der Waals surface area contributed by atoms with Crippen molar-refractivity contribution in [3.8, 4) is 0 Å². The van der Waals surface area contributed by atoms with Crippen molar-refractivity contribution >= 4 is 17.3 Å². The van der Waals surface area contributed by atoms with Crippen LogP contribution in [0.25, 0.3) is 0 Å². The Kier molecular flexibility index (Phi) is 4.33. The third-order valence-electron chi connectivity index (χ3n) is 5.04. The number of carbonyl (C=O) groups is 1.